The molecule has 17 heavy (non-hydrogen) atoms. The molecule has 1 aromatic heterocycles. The standard InChI is InChI=1S/C11H15FN2O3/c1-2-5-14(6-7-15)10-9(12)8(11(16)17)3-4-13-10/h3-4,15H,2,5-7H2,1H3,(H,16,17). The van der Waals surface area contributed by atoms with E-state index in [-0.39, 0.29) is 19.0 Å². The van der Waals surface area contributed by atoms with Crippen molar-refractivity contribution in [2.75, 3.05) is 24.6 Å². The van der Waals surface area contributed by atoms with Crippen LogP contribution in [-0.4, -0.2) is 40.9 Å². The molecule has 0 fully saturated rings. The average Bonchev–Trinajstić information content (AvgIpc) is 2.29. The first-order valence-electron chi connectivity index (χ1n) is 5.35. The summed E-state index contributed by atoms with van der Waals surface area (Å²) in [6, 6.07) is 1.12. The molecule has 1 rings (SSSR count). The summed E-state index contributed by atoms with van der Waals surface area (Å²) >= 11 is 0. The lowest BCUT2D eigenvalue weighted by Gasteiger charge is -2.22. The minimum atomic E-state index is -1.33. The topological polar surface area (TPSA) is 73.7 Å². The Hall–Kier alpha value is -1.69. The number of carboxylic acids is 1. The van der Waals surface area contributed by atoms with Gasteiger partial charge in [-0.2, -0.15) is 0 Å². The third-order valence-electron chi connectivity index (χ3n) is 2.26. The summed E-state index contributed by atoms with van der Waals surface area (Å²) in [6.45, 7) is 2.50. The number of carbonyl (C=O) groups is 1. The maximum Gasteiger partial charge on any atom is 0.338 e. The Bertz CT molecular complexity index is 392. The van der Waals surface area contributed by atoms with Crippen molar-refractivity contribution in [2.24, 2.45) is 0 Å². The summed E-state index contributed by atoms with van der Waals surface area (Å²) in [5.74, 6) is -2.21. The number of hydrogen-bond donors (Lipinski definition) is 2. The van der Waals surface area contributed by atoms with E-state index < -0.39 is 17.3 Å². The van der Waals surface area contributed by atoms with Crippen LogP contribution in [0.25, 0.3) is 0 Å². The van der Waals surface area contributed by atoms with Gasteiger partial charge in [-0.25, -0.2) is 14.2 Å². The summed E-state index contributed by atoms with van der Waals surface area (Å²) in [4.78, 5) is 16.1. The zero-order valence-corrected chi connectivity index (χ0v) is 9.56. The van der Waals surface area contributed by atoms with Gasteiger partial charge in [0, 0.05) is 19.3 Å². The van der Waals surface area contributed by atoms with E-state index in [1.807, 2.05) is 6.92 Å². The molecule has 0 bridgehead atoms. The molecule has 0 aliphatic rings. The lowest BCUT2D eigenvalue weighted by Crippen LogP contribution is -2.29. The van der Waals surface area contributed by atoms with Gasteiger partial charge in [-0.1, -0.05) is 6.92 Å². The molecule has 0 amide bonds. The second-order valence-corrected chi connectivity index (χ2v) is 3.51. The summed E-state index contributed by atoms with van der Waals surface area (Å²) in [5.41, 5.74) is -0.408. The molecule has 1 heterocycles. The lowest BCUT2D eigenvalue weighted by molar-refractivity contribution is 0.0691. The smallest absolute Gasteiger partial charge is 0.338 e. The molecular formula is C11H15FN2O3. The van der Waals surface area contributed by atoms with Crippen LogP contribution >= 0.6 is 0 Å². The second-order valence-electron chi connectivity index (χ2n) is 3.51. The van der Waals surface area contributed by atoms with Crippen molar-refractivity contribution in [3.8, 4) is 0 Å². The van der Waals surface area contributed by atoms with Crippen LogP contribution in [0, 0.1) is 5.82 Å². The zero-order chi connectivity index (χ0) is 12.8. The van der Waals surface area contributed by atoms with Crippen molar-refractivity contribution in [1.29, 1.82) is 0 Å². The van der Waals surface area contributed by atoms with E-state index in [4.69, 9.17) is 10.2 Å². The highest BCUT2D eigenvalue weighted by Crippen LogP contribution is 2.19. The molecule has 0 aliphatic carbocycles. The van der Waals surface area contributed by atoms with Crippen molar-refractivity contribution < 1.29 is 19.4 Å². The van der Waals surface area contributed by atoms with E-state index in [2.05, 4.69) is 4.98 Å². The third-order valence-corrected chi connectivity index (χ3v) is 2.26. The lowest BCUT2D eigenvalue weighted by atomic mass is 10.2. The van der Waals surface area contributed by atoms with Crippen molar-refractivity contribution in [1.82, 2.24) is 4.98 Å². The van der Waals surface area contributed by atoms with E-state index in [1.165, 1.54) is 11.1 Å². The molecule has 5 nitrogen and oxygen atoms in total. The van der Waals surface area contributed by atoms with Gasteiger partial charge in [0.2, 0.25) is 0 Å². The number of hydrogen-bond acceptors (Lipinski definition) is 4. The highest BCUT2D eigenvalue weighted by Gasteiger charge is 2.18. The normalized spacial score (nSPS) is 10.3. The first-order chi connectivity index (χ1) is 8.11. The van der Waals surface area contributed by atoms with Gasteiger partial charge in [-0.05, 0) is 12.5 Å². The largest absolute Gasteiger partial charge is 0.478 e. The van der Waals surface area contributed by atoms with Crippen LogP contribution in [0.1, 0.15) is 23.7 Å². The fourth-order valence-electron chi connectivity index (χ4n) is 1.53. The Kier molecular flexibility index (Phi) is 4.84. The zero-order valence-electron chi connectivity index (χ0n) is 9.56. The van der Waals surface area contributed by atoms with Gasteiger partial charge in [-0.15, -0.1) is 0 Å². The quantitative estimate of drug-likeness (QED) is 0.782. The summed E-state index contributed by atoms with van der Waals surface area (Å²) in [6.07, 6.45) is 2.00. The van der Waals surface area contributed by atoms with Crippen LogP contribution in [0.3, 0.4) is 0 Å². The Balaban J connectivity index is 3.10. The van der Waals surface area contributed by atoms with E-state index in [0.717, 1.165) is 12.5 Å². The maximum absolute atomic E-state index is 13.9. The van der Waals surface area contributed by atoms with Crippen LogP contribution in [0.4, 0.5) is 10.2 Å². The SMILES string of the molecule is CCCN(CCO)c1nccc(C(=O)O)c1F. The molecular weight excluding hydrogens is 227 g/mol. The van der Waals surface area contributed by atoms with E-state index >= 15 is 0 Å². The van der Waals surface area contributed by atoms with Gasteiger partial charge >= 0.3 is 5.97 Å². The number of pyridine rings is 1. The Morgan fingerprint density at radius 1 is 1.53 bits per heavy atom. The fraction of sp³-hybridized carbons (Fsp3) is 0.455. The Morgan fingerprint density at radius 2 is 2.24 bits per heavy atom. The average molecular weight is 242 g/mol. The molecule has 0 aromatic carbocycles. The van der Waals surface area contributed by atoms with Gasteiger partial charge < -0.3 is 15.1 Å². The molecule has 0 radical (unpaired) electrons. The Morgan fingerprint density at radius 3 is 2.76 bits per heavy atom. The van der Waals surface area contributed by atoms with Crippen molar-refractivity contribution in [2.45, 2.75) is 13.3 Å². The highest BCUT2D eigenvalue weighted by atomic mass is 19.1. The molecule has 2 N–H and O–H groups in total. The predicted octanol–water partition coefficient (Wildman–Crippen LogP) is 1.13. The van der Waals surface area contributed by atoms with Gasteiger partial charge in [0.25, 0.3) is 0 Å². The fourth-order valence-corrected chi connectivity index (χ4v) is 1.53. The number of aromatic nitrogens is 1. The monoisotopic (exact) mass is 242 g/mol. The first-order valence-corrected chi connectivity index (χ1v) is 5.35. The van der Waals surface area contributed by atoms with Crippen molar-refractivity contribution in [3.05, 3.63) is 23.6 Å². The van der Waals surface area contributed by atoms with Crippen LogP contribution in [0.15, 0.2) is 12.3 Å². The summed E-state index contributed by atoms with van der Waals surface area (Å²) < 4.78 is 13.9. The molecule has 0 atom stereocenters. The van der Waals surface area contributed by atoms with Crippen LogP contribution in [0.5, 0.6) is 0 Å². The molecule has 0 spiro atoms. The number of carboxylic acid groups (broad SMARTS) is 1. The molecule has 6 heteroatoms. The Labute approximate surface area is 98.5 Å². The number of aromatic carboxylic acids is 1. The van der Waals surface area contributed by atoms with Gasteiger partial charge in [-0.3, -0.25) is 0 Å². The molecule has 0 saturated carbocycles. The number of nitrogens with zero attached hydrogens (tertiary/aromatic N) is 2. The molecule has 0 unspecified atom stereocenters. The first kappa shape index (κ1) is 13.4. The number of anilines is 1. The van der Waals surface area contributed by atoms with Crippen molar-refractivity contribution in [3.63, 3.8) is 0 Å². The molecule has 94 valence electrons. The minimum Gasteiger partial charge on any atom is -0.478 e. The predicted molar refractivity (Wildman–Crippen MR) is 60.7 cm³/mol. The van der Waals surface area contributed by atoms with E-state index in [0.29, 0.717) is 6.54 Å². The van der Waals surface area contributed by atoms with Gasteiger partial charge in [0.15, 0.2) is 11.6 Å². The number of aliphatic hydroxyl groups excluding tert-OH is 1. The second kappa shape index (κ2) is 6.15. The minimum absolute atomic E-state index is 0.0270. The summed E-state index contributed by atoms with van der Waals surface area (Å²) in [5, 5.41) is 17.7. The number of halogens is 1. The van der Waals surface area contributed by atoms with Crippen LogP contribution in [0.2, 0.25) is 0 Å². The number of aliphatic hydroxyl groups is 1. The maximum atomic E-state index is 13.9. The van der Waals surface area contributed by atoms with Crippen LogP contribution in [-0.2, 0) is 0 Å². The molecule has 0 aliphatic heterocycles. The van der Waals surface area contributed by atoms with Crippen LogP contribution < -0.4 is 4.90 Å². The number of rotatable bonds is 6. The molecule has 0 saturated heterocycles. The third kappa shape index (κ3) is 3.13. The highest BCUT2D eigenvalue weighted by molar-refractivity contribution is 5.88. The van der Waals surface area contributed by atoms with E-state index in [9.17, 15) is 9.18 Å². The van der Waals surface area contributed by atoms with Gasteiger partial charge in [0.05, 0.1) is 6.61 Å². The van der Waals surface area contributed by atoms with E-state index in [1.54, 1.807) is 0 Å². The molecule has 1 aromatic rings. The van der Waals surface area contributed by atoms with Crippen molar-refractivity contribution >= 4 is 11.8 Å². The van der Waals surface area contributed by atoms with Gasteiger partial charge in [0.1, 0.15) is 5.56 Å². The summed E-state index contributed by atoms with van der Waals surface area (Å²) in [7, 11) is 0.